The molecular weight excluding hydrogens is 507 g/mol. The van der Waals surface area contributed by atoms with Crippen LogP contribution in [0.4, 0.5) is 13.2 Å². The summed E-state index contributed by atoms with van der Waals surface area (Å²) < 4.78 is 50.1. The maximum Gasteiger partial charge on any atom is 0.416 e. The Kier molecular flexibility index (Phi) is 7.83. The Balaban J connectivity index is 1.68. The number of primary amides is 1. The van der Waals surface area contributed by atoms with Crippen molar-refractivity contribution in [3.8, 4) is 22.8 Å². The lowest BCUT2D eigenvalue weighted by Crippen LogP contribution is -2.22. The van der Waals surface area contributed by atoms with Gasteiger partial charge in [0, 0.05) is 22.9 Å². The van der Waals surface area contributed by atoms with E-state index in [4.69, 9.17) is 26.8 Å². The minimum atomic E-state index is -4.47. The van der Waals surface area contributed by atoms with Gasteiger partial charge in [-0.15, -0.1) is 11.6 Å². The van der Waals surface area contributed by atoms with Gasteiger partial charge in [0.25, 0.3) is 0 Å². The Bertz CT molecular complexity index is 1390. The smallest absolute Gasteiger partial charge is 0.416 e. The number of aromatic nitrogens is 2. The molecule has 0 aliphatic rings. The van der Waals surface area contributed by atoms with Gasteiger partial charge in [0.05, 0.1) is 36.4 Å². The van der Waals surface area contributed by atoms with Gasteiger partial charge < -0.3 is 15.2 Å². The van der Waals surface area contributed by atoms with E-state index in [0.717, 1.165) is 23.1 Å². The predicted molar refractivity (Wildman–Crippen MR) is 135 cm³/mol. The lowest BCUT2D eigenvalue weighted by atomic mass is 9.89. The molecule has 0 fully saturated rings. The number of carbonyl (C=O) groups excluding carboxylic acids is 1. The van der Waals surface area contributed by atoms with Crippen molar-refractivity contribution in [2.75, 3.05) is 19.6 Å². The normalized spacial score (nSPS) is 12.4. The van der Waals surface area contributed by atoms with E-state index in [1.54, 1.807) is 43.5 Å². The molecule has 1 amide bonds. The second-order valence-electron chi connectivity index (χ2n) is 8.21. The molecule has 0 radical (unpaired) electrons. The third-order valence-corrected chi connectivity index (χ3v) is 6.10. The molecule has 0 bridgehead atoms. The average molecular weight is 530 g/mol. The van der Waals surface area contributed by atoms with Crippen molar-refractivity contribution in [2.24, 2.45) is 5.73 Å². The zero-order chi connectivity index (χ0) is 26.6. The number of halogens is 4. The van der Waals surface area contributed by atoms with Crippen LogP contribution in [0.15, 0.2) is 67.0 Å². The van der Waals surface area contributed by atoms with Gasteiger partial charge in [-0.2, -0.15) is 13.2 Å². The number of methoxy groups -OCH3 is 1. The molecule has 0 spiro atoms. The zero-order valence-corrected chi connectivity index (χ0v) is 20.5. The highest BCUT2D eigenvalue weighted by Gasteiger charge is 2.31. The first-order valence-corrected chi connectivity index (χ1v) is 11.8. The van der Waals surface area contributed by atoms with Crippen molar-refractivity contribution in [1.29, 1.82) is 0 Å². The molecule has 4 aromatic rings. The number of benzene rings is 3. The van der Waals surface area contributed by atoms with Gasteiger partial charge in [-0.1, -0.05) is 36.4 Å². The predicted octanol–water partition coefficient (Wildman–Crippen LogP) is 5.95. The van der Waals surface area contributed by atoms with Crippen LogP contribution in [-0.4, -0.2) is 35.5 Å². The number of nitrogens with zero attached hydrogens (tertiary/aromatic N) is 2. The first-order valence-electron chi connectivity index (χ1n) is 11.3. The molecule has 6 nitrogen and oxygen atoms in total. The van der Waals surface area contributed by atoms with Crippen LogP contribution in [0.3, 0.4) is 0 Å². The van der Waals surface area contributed by atoms with Crippen LogP contribution in [0.5, 0.6) is 11.5 Å². The number of amides is 1. The molecule has 10 heteroatoms. The van der Waals surface area contributed by atoms with Crippen molar-refractivity contribution < 1.29 is 27.4 Å². The SMILES string of the molecule is COc1cc2c(-c3ccc(C(C(N)=O)c4ccc(C(F)(F)F)cc4)cc3)ncnc2cc1OCCCCl. The van der Waals surface area contributed by atoms with Crippen LogP contribution >= 0.6 is 11.6 Å². The maximum absolute atomic E-state index is 12.9. The van der Waals surface area contributed by atoms with E-state index in [1.807, 2.05) is 0 Å². The summed E-state index contributed by atoms with van der Waals surface area (Å²) in [4.78, 5) is 21.0. The molecule has 0 aliphatic carbocycles. The second kappa shape index (κ2) is 11.0. The van der Waals surface area contributed by atoms with Crippen LogP contribution in [0.1, 0.15) is 29.0 Å². The fourth-order valence-electron chi connectivity index (χ4n) is 4.02. The summed E-state index contributed by atoms with van der Waals surface area (Å²) in [5.74, 6) is -0.0438. The summed E-state index contributed by atoms with van der Waals surface area (Å²) >= 11 is 5.73. The molecule has 192 valence electrons. The Labute approximate surface area is 216 Å². The summed E-state index contributed by atoms with van der Waals surface area (Å²) in [6, 6.07) is 14.9. The highest BCUT2D eigenvalue weighted by molar-refractivity contribution is 6.17. The largest absolute Gasteiger partial charge is 0.493 e. The number of fused-ring (bicyclic) bond motifs is 1. The van der Waals surface area contributed by atoms with E-state index >= 15 is 0 Å². The van der Waals surface area contributed by atoms with Crippen LogP contribution in [0.2, 0.25) is 0 Å². The molecule has 1 heterocycles. The van der Waals surface area contributed by atoms with Crippen molar-refractivity contribution in [3.63, 3.8) is 0 Å². The van der Waals surface area contributed by atoms with Gasteiger partial charge in [-0.25, -0.2) is 9.97 Å². The van der Waals surface area contributed by atoms with E-state index < -0.39 is 23.6 Å². The summed E-state index contributed by atoms with van der Waals surface area (Å²) in [7, 11) is 1.54. The summed E-state index contributed by atoms with van der Waals surface area (Å²) in [6.45, 7) is 0.435. The number of carbonyl (C=O) groups is 1. The first-order chi connectivity index (χ1) is 17.7. The van der Waals surface area contributed by atoms with Crippen molar-refractivity contribution >= 4 is 28.4 Å². The van der Waals surface area contributed by atoms with E-state index in [9.17, 15) is 18.0 Å². The Morgan fingerprint density at radius 3 is 2.22 bits per heavy atom. The highest BCUT2D eigenvalue weighted by Crippen LogP contribution is 2.36. The quantitative estimate of drug-likeness (QED) is 0.214. The number of alkyl halides is 4. The average Bonchev–Trinajstić information content (AvgIpc) is 2.88. The zero-order valence-electron chi connectivity index (χ0n) is 19.8. The molecule has 1 atom stereocenters. The molecule has 1 unspecified atom stereocenters. The van der Waals surface area contributed by atoms with Gasteiger partial charge >= 0.3 is 6.18 Å². The molecular formula is C27H23ClF3N3O3. The van der Waals surface area contributed by atoms with Crippen molar-refractivity contribution in [1.82, 2.24) is 9.97 Å². The molecule has 2 N–H and O–H groups in total. The molecule has 1 aromatic heterocycles. The van der Waals surface area contributed by atoms with E-state index in [2.05, 4.69) is 9.97 Å². The third kappa shape index (κ3) is 5.77. The summed E-state index contributed by atoms with van der Waals surface area (Å²) in [5.41, 5.74) is 7.76. The fourth-order valence-corrected chi connectivity index (χ4v) is 4.13. The number of hydrogen-bond acceptors (Lipinski definition) is 5. The Morgan fingerprint density at radius 2 is 1.65 bits per heavy atom. The monoisotopic (exact) mass is 529 g/mol. The molecule has 0 saturated carbocycles. The highest BCUT2D eigenvalue weighted by atomic mass is 35.5. The number of rotatable bonds is 9. The standard InChI is InChI=1S/C27H23ClF3N3O3/c1-36-22-13-20-21(14-23(22)37-12-2-11-28)33-15-34-25(20)18-5-3-16(4-6-18)24(26(32)35)17-7-9-19(10-8-17)27(29,30)31/h3-10,13-15,24H,2,11-12H2,1H3,(H2,32,35). The van der Waals surface area contributed by atoms with Crippen LogP contribution < -0.4 is 15.2 Å². The molecule has 4 rings (SSSR count). The Morgan fingerprint density at radius 1 is 1.00 bits per heavy atom. The first kappa shape index (κ1) is 26.2. The number of hydrogen-bond donors (Lipinski definition) is 1. The van der Waals surface area contributed by atoms with Crippen LogP contribution in [0, 0.1) is 0 Å². The lowest BCUT2D eigenvalue weighted by molar-refractivity contribution is -0.137. The summed E-state index contributed by atoms with van der Waals surface area (Å²) in [6.07, 6.45) is -2.35. The summed E-state index contributed by atoms with van der Waals surface area (Å²) in [5, 5.41) is 0.728. The van der Waals surface area contributed by atoms with Crippen LogP contribution in [-0.2, 0) is 11.0 Å². The lowest BCUT2D eigenvalue weighted by Gasteiger charge is -2.16. The van der Waals surface area contributed by atoms with Crippen molar-refractivity contribution in [3.05, 3.63) is 83.7 Å². The Hall–Kier alpha value is -3.85. The van der Waals surface area contributed by atoms with Gasteiger partial charge in [0.2, 0.25) is 5.91 Å². The molecule has 37 heavy (non-hydrogen) atoms. The number of nitrogens with two attached hydrogens (primary N) is 1. The molecule has 3 aromatic carbocycles. The van der Waals surface area contributed by atoms with E-state index in [0.29, 0.717) is 52.7 Å². The molecule has 0 aliphatic heterocycles. The third-order valence-electron chi connectivity index (χ3n) is 5.83. The minimum Gasteiger partial charge on any atom is -0.493 e. The van der Waals surface area contributed by atoms with Crippen LogP contribution in [0.25, 0.3) is 22.2 Å². The van der Waals surface area contributed by atoms with E-state index in [-0.39, 0.29) is 0 Å². The van der Waals surface area contributed by atoms with Gasteiger partial charge in [0.15, 0.2) is 11.5 Å². The van der Waals surface area contributed by atoms with Crippen molar-refractivity contribution in [2.45, 2.75) is 18.5 Å². The fraction of sp³-hybridized carbons (Fsp3) is 0.222. The minimum absolute atomic E-state index is 0.368. The van der Waals surface area contributed by atoms with Gasteiger partial charge in [0.1, 0.15) is 6.33 Å². The second-order valence-corrected chi connectivity index (χ2v) is 8.59. The molecule has 0 saturated heterocycles. The topological polar surface area (TPSA) is 87.3 Å². The van der Waals surface area contributed by atoms with E-state index in [1.165, 1.54) is 18.5 Å². The number of ether oxygens (including phenoxy) is 2. The van der Waals surface area contributed by atoms with Gasteiger partial charge in [-0.3, -0.25) is 4.79 Å². The maximum atomic E-state index is 12.9. The van der Waals surface area contributed by atoms with Gasteiger partial charge in [-0.05, 0) is 35.7 Å².